The van der Waals surface area contributed by atoms with Crippen LogP contribution in [0.15, 0.2) is 42.6 Å². The summed E-state index contributed by atoms with van der Waals surface area (Å²) >= 11 is 0. The third kappa shape index (κ3) is 2.25. The highest BCUT2D eigenvalue weighted by Gasteiger charge is 2.12. The molecule has 0 aliphatic heterocycles. The number of pyridine rings is 1. The van der Waals surface area contributed by atoms with Gasteiger partial charge in [-0.3, -0.25) is 4.79 Å². The molecule has 4 heteroatoms. The van der Waals surface area contributed by atoms with Crippen molar-refractivity contribution >= 4 is 11.6 Å². The second kappa shape index (κ2) is 4.65. The first kappa shape index (κ1) is 11.1. The minimum absolute atomic E-state index is 0.158. The number of ketones is 1. The van der Waals surface area contributed by atoms with Crippen LogP contribution >= 0.6 is 0 Å². The van der Waals surface area contributed by atoms with E-state index >= 15 is 0 Å². The quantitative estimate of drug-likeness (QED) is 0.815. The van der Waals surface area contributed by atoms with Crippen LogP contribution in [0.25, 0.3) is 0 Å². The Morgan fingerprint density at radius 1 is 1.29 bits per heavy atom. The molecule has 2 rings (SSSR count). The standard InChI is InChI=1S/C13H12N2O2/c1-17-10-5-2-4-9(8-10)12(16)11-6-3-7-15-13(11)14/h2-8H,1H3,(H2,14,15). The molecule has 0 atom stereocenters. The van der Waals surface area contributed by atoms with Crippen molar-refractivity contribution in [3.05, 3.63) is 53.7 Å². The topological polar surface area (TPSA) is 65.2 Å². The van der Waals surface area contributed by atoms with E-state index in [0.29, 0.717) is 16.9 Å². The second-order valence-corrected chi connectivity index (χ2v) is 3.50. The summed E-state index contributed by atoms with van der Waals surface area (Å²) in [5, 5.41) is 0. The van der Waals surface area contributed by atoms with Crippen LogP contribution < -0.4 is 10.5 Å². The lowest BCUT2D eigenvalue weighted by Gasteiger charge is -2.05. The maximum absolute atomic E-state index is 12.2. The number of nitrogen functional groups attached to an aromatic ring is 1. The zero-order valence-electron chi connectivity index (χ0n) is 9.38. The molecule has 0 saturated heterocycles. The number of rotatable bonds is 3. The molecule has 2 aromatic rings. The zero-order chi connectivity index (χ0) is 12.3. The summed E-state index contributed by atoms with van der Waals surface area (Å²) in [4.78, 5) is 16.1. The monoisotopic (exact) mass is 228 g/mol. The number of nitrogens with two attached hydrogens (primary N) is 1. The zero-order valence-corrected chi connectivity index (χ0v) is 9.38. The van der Waals surface area contributed by atoms with Crippen molar-refractivity contribution in [2.75, 3.05) is 12.8 Å². The van der Waals surface area contributed by atoms with Crippen molar-refractivity contribution in [2.24, 2.45) is 0 Å². The van der Waals surface area contributed by atoms with E-state index in [9.17, 15) is 4.79 Å². The Kier molecular flexibility index (Phi) is 3.05. The Morgan fingerprint density at radius 2 is 2.12 bits per heavy atom. The Labute approximate surface area is 99.1 Å². The molecule has 0 radical (unpaired) electrons. The molecule has 4 nitrogen and oxygen atoms in total. The predicted molar refractivity (Wildman–Crippen MR) is 65.1 cm³/mol. The lowest BCUT2D eigenvalue weighted by Crippen LogP contribution is -2.06. The molecule has 0 spiro atoms. The van der Waals surface area contributed by atoms with Gasteiger partial charge in [-0.15, -0.1) is 0 Å². The van der Waals surface area contributed by atoms with Crippen molar-refractivity contribution in [1.82, 2.24) is 4.98 Å². The van der Waals surface area contributed by atoms with Crippen molar-refractivity contribution in [3.8, 4) is 5.75 Å². The molecule has 0 amide bonds. The van der Waals surface area contributed by atoms with Gasteiger partial charge in [-0.25, -0.2) is 4.98 Å². The third-order valence-corrected chi connectivity index (χ3v) is 2.42. The minimum Gasteiger partial charge on any atom is -0.497 e. The number of hydrogen-bond donors (Lipinski definition) is 1. The molecule has 0 aliphatic carbocycles. The van der Waals surface area contributed by atoms with Gasteiger partial charge in [-0.1, -0.05) is 12.1 Å². The van der Waals surface area contributed by atoms with Gasteiger partial charge < -0.3 is 10.5 Å². The maximum Gasteiger partial charge on any atom is 0.196 e. The minimum atomic E-state index is -0.158. The predicted octanol–water partition coefficient (Wildman–Crippen LogP) is 1.90. The number of nitrogens with zero attached hydrogens (tertiary/aromatic N) is 1. The first-order valence-corrected chi connectivity index (χ1v) is 5.11. The highest BCUT2D eigenvalue weighted by molar-refractivity contribution is 6.11. The van der Waals surface area contributed by atoms with Gasteiger partial charge >= 0.3 is 0 Å². The van der Waals surface area contributed by atoms with Gasteiger partial charge in [0.1, 0.15) is 11.6 Å². The van der Waals surface area contributed by atoms with E-state index in [-0.39, 0.29) is 11.6 Å². The fraction of sp³-hybridized carbons (Fsp3) is 0.0769. The lowest BCUT2D eigenvalue weighted by atomic mass is 10.0. The van der Waals surface area contributed by atoms with Gasteiger partial charge in [-0.05, 0) is 24.3 Å². The van der Waals surface area contributed by atoms with E-state index in [1.807, 2.05) is 0 Å². The Morgan fingerprint density at radius 3 is 2.82 bits per heavy atom. The number of hydrogen-bond acceptors (Lipinski definition) is 4. The molecule has 0 saturated carbocycles. The Bertz CT molecular complexity index is 553. The van der Waals surface area contributed by atoms with Gasteiger partial charge in [0, 0.05) is 11.8 Å². The van der Waals surface area contributed by atoms with Crippen molar-refractivity contribution < 1.29 is 9.53 Å². The van der Waals surface area contributed by atoms with E-state index in [2.05, 4.69) is 4.98 Å². The SMILES string of the molecule is COc1cccc(C(=O)c2cccnc2N)c1. The highest BCUT2D eigenvalue weighted by atomic mass is 16.5. The number of ether oxygens (including phenoxy) is 1. The fourth-order valence-corrected chi connectivity index (χ4v) is 1.53. The molecule has 0 unspecified atom stereocenters. The average molecular weight is 228 g/mol. The van der Waals surface area contributed by atoms with Gasteiger partial charge in [0.2, 0.25) is 0 Å². The number of aromatic nitrogens is 1. The van der Waals surface area contributed by atoms with Gasteiger partial charge in [0.25, 0.3) is 0 Å². The van der Waals surface area contributed by atoms with Crippen LogP contribution in [-0.4, -0.2) is 17.9 Å². The molecule has 0 bridgehead atoms. The summed E-state index contributed by atoms with van der Waals surface area (Å²) in [5.41, 5.74) is 6.60. The van der Waals surface area contributed by atoms with Crippen molar-refractivity contribution in [3.63, 3.8) is 0 Å². The summed E-state index contributed by atoms with van der Waals surface area (Å²) in [6.07, 6.45) is 1.55. The molecule has 1 aromatic carbocycles. The first-order chi connectivity index (χ1) is 8.22. The normalized spacial score (nSPS) is 9.94. The molecule has 0 fully saturated rings. The molecule has 17 heavy (non-hydrogen) atoms. The van der Waals surface area contributed by atoms with Crippen LogP contribution in [0.2, 0.25) is 0 Å². The molecule has 0 aliphatic rings. The van der Waals surface area contributed by atoms with Gasteiger partial charge in [-0.2, -0.15) is 0 Å². The molecule has 1 heterocycles. The fourth-order valence-electron chi connectivity index (χ4n) is 1.53. The average Bonchev–Trinajstić information content (AvgIpc) is 2.38. The number of benzene rings is 1. The van der Waals surface area contributed by atoms with Crippen LogP contribution in [0, 0.1) is 0 Å². The number of methoxy groups -OCH3 is 1. The molecular formula is C13H12N2O2. The number of carbonyl (C=O) groups excluding carboxylic acids is 1. The molecule has 1 aromatic heterocycles. The van der Waals surface area contributed by atoms with Gasteiger partial charge in [0.15, 0.2) is 5.78 Å². The largest absolute Gasteiger partial charge is 0.497 e. The van der Waals surface area contributed by atoms with Crippen molar-refractivity contribution in [2.45, 2.75) is 0 Å². The summed E-state index contributed by atoms with van der Waals surface area (Å²) in [7, 11) is 1.56. The smallest absolute Gasteiger partial charge is 0.196 e. The van der Waals surface area contributed by atoms with Crippen LogP contribution in [0.1, 0.15) is 15.9 Å². The maximum atomic E-state index is 12.2. The summed E-state index contributed by atoms with van der Waals surface area (Å²) in [6, 6.07) is 10.3. The molecule has 2 N–H and O–H groups in total. The van der Waals surface area contributed by atoms with E-state index in [1.165, 1.54) is 0 Å². The molecular weight excluding hydrogens is 216 g/mol. The Balaban J connectivity index is 2.40. The van der Waals surface area contributed by atoms with Crippen LogP contribution in [-0.2, 0) is 0 Å². The second-order valence-electron chi connectivity index (χ2n) is 3.50. The van der Waals surface area contributed by atoms with Crippen LogP contribution in [0.3, 0.4) is 0 Å². The van der Waals surface area contributed by atoms with Crippen LogP contribution in [0.4, 0.5) is 5.82 Å². The molecule has 86 valence electrons. The highest BCUT2D eigenvalue weighted by Crippen LogP contribution is 2.18. The van der Waals surface area contributed by atoms with E-state index in [1.54, 1.807) is 49.7 Å². The Hall–Kier alpha value is -2.36. The first-order valence-electron chi connectivity index (χ1n) is 5.11. The number of carbonyl (C=O) groups is 1. The van der Waals surface area contributed by atoms with Gasteiger partial charge in [0.05, 0.1) is 12.7 Å². The summed E-state index contributed by atoms with van der Waals surface area (Å²) in [6.45, 7) is 0. The van der Waals surface area contributed by atoms with E-state index in [0.717, 1.165) is 0 Å². The van der Waals surface area contributed by atoms with Crippen LogP contribution in [0.5, 0.6) is 5.75 Å². The summed E-state index contributed by atoms with van der Waals surface area (Å²) < 4.78 is 5.07. The van der Waals surface area contributed by atoms with E-state index in [4.69, 9.17) is 10.5 Å². The van der Waals surface area contributed by atoms with E-state index < -0.39 is 0 Å². The summed E-state index contributed by atoms with van der Waals surface area (Å²) in [5.74, 6) is 0.716. The van der Waals surface area contributed by atoms with Crippen molar-refractivity contribution in [1.29, 1.82) is 0 Å². The third-order valence-electron chi connectivity index (χ3n) is 2.42. The lowest BCUT2D eigenvalue weighted by molar-refractivity contribution is 0.103. The number of anilines is 1.